The van der Waals surface area contributed by atoms with Gasteiger partial charge >= 0.3 is 17.9 Å². The second-order valence-electron chi connectivity index (χ2n) is 16.0. The van der Waals surface area contributed by atoms with Crippen LogP contribution in [0.1, 0.15) is 226 Å². The van der Waals surface area contributed by atoms with Crippen LogP contribution in [0.3, 0.4) is 0 Å². The van der Waals surface area contributed by atoms with Gasteiger partial charge < -0.3 is 14.2 Å². The average molecular weight is 823 g/mol. The Labute approximate surface area is 363 Å². The lowest BCUT2D eigenvalue weighted by molar-refractivity contribution is -0.167. The fourth-order valence-electron chi connectivity index (χ4n) is 6.48. The molecule has 6 heteroatoms. The Kier molecular flexibility index (Phi) is 45.0. The number of carbonyl (C=O) groups excluding carboxylic acids is 3. The quantitative estimate of drug-likeness (QED) is 0.0264. The van der Waals surface area contributed by atoms with Crippen LogP contribution >= 0.6 is 0 Å². The van der Waals surface area contributed by atoms with Gasteiger partial charge in [0.25, 0.3) is 0 Å². The molecule has 0 aliphatic rings. The first-order chi connectivity index (χ1) is 29.0. The monoisotopic (exact) mass is 823 g/mol. The van der Waals surface area contributed by atoms with Crippen molar-refractivity contribution in [1.29, 1.82) is 0 Å². The number of hydrogen-bond acceptors (Lipinski definition) is 6. The largest absolute Gasteiger partial charge is 0.462 e. The van der Waals surface area contributed by atoms with E-state index in [-0.39, 0.29) is 31.1 Å². The highest BCUT2D eigenvalue weighted by atomic mass is 16.6. The van der Waals surface area contributed by atoms with Crippen LogP contribution in [-0.2, 0) is 28.6 Å². The zero-order chi connectivity index (χ0) is 43.0. The molecule has 0 N–H and O–H groups in total. The number of unbranched alkanes of at least 4 members (excludes halogenated alkanes) is 20. The summed E-state index contributed by atoms with van der Waals surface area (Å²) < 4.78 is 16.7. The van der Waals surface area contributed by atoms with Gasteiger partial charge in [0.15, 0.2) is 6.10 Å². The summed E-state index contributed by atoms with van der Waals surface area (Å²) in [7, 11) is 0. The van der Waals surface area contributed by atoms with E-state index in [1.165, 1.54) is 83.5 Å². The van der Waals surface area contributed by atoms with Gasteiger partial charge in [0.1, 0.15) is 13.2 Å². The van der Waals surface area contributed by atoms with Gasteiger partial charge in [0.2, 0.25) is 0 Å². The molecule has 6 nitrogen and oxygen atoms in total. The topological polar surface area (TPSA) is 78.9 Å². The number of allylic oxidation sites excluding steroid dienone is 12. The predicted octanol–water partition coefficient (Wildman–Crippen LogP) is 15.9. The molecule has 59 heavy (non-hydrogen) atoms. The summed E-state index contributed by atoms with van der Waals surface area (Å²) in [6.07, 6.45) is 58.8. The van der Waals surface area contributed by atoms with Gasteiger partial charge in [-0.2, -0.15) is 0 Å². The van der Waals surface area contributed by atoms with Crippen molar-refractivity contribution in [3.05, 3.63) is 72.9 Å². The maximum Gasteiger partial charge on any atom is 0.306 e. The first kappa shape index (κ1) is 55.9. The molecule has 0 aromatic carbocycles. The third-order valence-electron chi connectivity index (χ3n) is 10.2. The lowest BCUT2D eigenvalue weighted by atomic mass is 10.1. The van der Waals surface area contributed by atoms with Crippen LogP contribution in [0.15, 0.2) is 72.9 Å². The van der Waals surface area contributed by atoms with Crippen LogP contribution < -0.4 is 0 Å². The van der Waals surface area contributed by atoms with E-state index < -0.39 is 6.10 Å². The summed E-state index contributed by atoms with van der Waals surface area (Å²) in [6.45, 7) is 6.43. The van der Waals surface area contributed by atoms with Crippen molar-refractivity contribution in [2.75, 3.05) is 13.2 Å². The minimum Gasteiger partial charge on any atom is -0.462 e. The van der Waals surface area contributed by atoms with Crippen LogP contribution in [0.2, 0.25) is 0 Å². The Morgan fingerprint density at radius 2 is 0.661 bits per heavy atom. The SMILES string of the molecule is CC/C=C\C/C=C\C/C=C\C/C=C\CCCCC(=O)OCC(COC(=O)CCCCCCC/C=C\CCCCCC)OC(=O)CCCCCCC/C=C\CCCCCC. The molecule has 338 valence electrons. The van der Waals surface area contributed by atoms with E-state index in [2.05, 4.69) is 93.7 Å². The van der Waals surface area contributed by atoms with Crippen molar-refractivity contribution in [3.63, 3.8) is 0 Å². The van der Waals surface area contributed by atoms with Crippen LogP contribution in [-0.4, -0.2) is 37.2 Å². The Hall–Kier alpha value is -3.15. The molecule has 0 rings (SSSR count). The van der Waals surface area contributed by atoms with Crippen LogP contribution in [0.4, 0.5) is 0 Å². The van der Waals surface area contributed by atoms with Gasteiger partial charge in [0, 0.05) is 19.3 Å². The lowest BCUT2D eigenvalue weighted by Gasteiger charge is -2.18. The maximum absolute atomic E-state index is 12.7. The van der Waals surface area contributed by atoms with Crippen LogP contribution in [0.25, 0.3) is 0 Å². The van der Waals surface area contributed by atoms with E-state index >= 15 is 0 Å². The lowest BCUT2D eigenvalue weighted by Crippen LogP contribution is -2.30. The summed E-state index contributed by atoms with van der Waals surface area (Å²) in [5.74, 6) is -0.959. The van der Waals surface area contributed by atoms with Crippen molar-refractivity contribution in [2.24, 2.45) is 0 Å². The van der Waals surface area contributed by atoms with Crippen molar-refractivity contribution in [1.82, 2.24) is 0 Å². The van der Waals surface area contributed by atoms with E-state index in [4.69, 9.17) is 14.2 Å². The molecule has 0 radical (unpaired) electrons. The van der Waals surface area contributed by atoms with Gasteiger partial charge in [-0.1, -0.05) is 171 Å². The van der Waals surface area contributed by atoms with Gasteiger partial charge in [-0.3, -0.25) is 14.4 Å². The molecule has 0 saturated heterocycles. The van der Waals surface area contributed by atoms with Gasteiger partial charge in [-0.05, 0) is 109 Å². The molecular weight excluding hydrogens is 733 g/mol. The van der Waals surface area contributed by atoms with E-state index in [0.29, 0.717) is 19.3 Å². The number of ether oxygens (including phenoxy) is 3. The van der Waals surface area contributed by atoms with Crippen molar-refractivity contribution in [2.45, 2.75) is 232 Å². The van der Waals surface area contributed by atoms with Crippen LogP contribution in [0.5, 0.6) is 0 Å². The minimum absolute atomic E-state index is 0.0966. The third-order valence-corrected chi connectivity index (χ3v) is 10.2. The van der Waals surface area contributed by atoms with E-state index in [0.717, 1.165) is 103 Å². The molecule has 0 aliphatic carbocycles. The van der Waals surface area contributed by atoms with Crippen LogP contribution in [0, 0.1) is 0 Å². The first-order valence-electron chi connectivity index (χ1n) is 24.4. The standard InChI is InChI=1S/C53H90O6/c1-4-7-10-13-16-19-22-25-26-29-31-34-37-40-43-46-52(55)58-49-50(59-53(56)47-44-41-38-35-32-28-24-21-18-15-12-9-6-3)48-57-51(54)45-42-39-36-33-30-27-23-20-17-14-11-8-5-2/h7,10,16,19-21,23-26,31,34,50H,4-6,8-9,11-15,17-18,22,27-30,32-33,35-49H2,1-3H3/b10-7-,19-16-,23-20-,24-21-,26-25-,34-31-. The molecule has 0 fully saturated rings. The number of carbonyl (C=O) groups is 3. The Morgan fingerprint density at radius 1 is 0.356 bits per heavy atom. The molecule has 0 amide bonds. The smallest absolute Gasteiger partial charge is 0.306 e. The highest BCUT2D eigenvalue weighted by molar-refractivity contribution is 5.71. The molecule has 0 spiro atoms. The molecular formula is C53H90O6. The zero-order valence-corrected chi connectivity index (χ0v) is 38.5. The Bertz CT molecular complexity index is 1130. The van der Waals surface area contributed by atoms with E-state index in [1.54, 1.807) is 0 Å². The molecule has 0 saturated carbocycles. The highest BCUT2D eigenvalue weighted by Gasteiger charge is 2.19. The Balaban J connectivity index is 4.48. The summed E-state index contributed by atoms with van der Waals surface area (Å²) >= 11 is 0. The normalized spacial score (nSPS) is 12.7. The second kappa shape index (κ2) is 47.5. The predicted molar refractivity (Wildman–Crippen MR) is 251 cm³/mol. The summed E-state index contributed by atoms with van der Waals surface area (Å²) in [4.78, 5) is 37.9. The number of esters is 3. The number of hydrogen-bond donors (Lipinski definition) is 0. The van der Waals surface area contributed by atoms with Gasteiger partial charge in [0.05, 0.1) is 0 Å². The zero-order valence-electron chi connectivity index (χ0n) is 38.5. The average Bonchev–Trinajstić information content (AvgIpc) is 3.23. The summed E-state index contributed by atoms with van der Waals surface area (Å²) in [5.41, 5.74) is 0. The molecule has 0 aliphatic heterocycles. The van der Waals surface area contributed by atoms with Crippen molar-refractivity contribution < 1.29 is 28.6 Å². The molecule has 0 bridgehead atoms. The summed E-state index contributed by atoms with van der Waals surface area (Å²) in [5, 5.41) is 0. The fraction of sp³-hybridized carbons (Fsp3) is 0.717. The molecule has 0 aromatic rings. The fourth-order valence-corrected chi connectivity index (χ4v) is 6.48. The first-order valence-corrected chi connectivity index (χ1v) is 24.4. The second-order valence-corrected chi connectivity index (χ2v) is 16.0. The van der Waals surface area contributed by atoms with Gasteiger partial charge in [-0.25, -0.2) is 0 Å². The maximum atomic E-state index is 12.7. The molecule has 0 aromatic heterocycles. The third kappa shape index (κ3) is 45.8. The van der Waals surface area contributed by atoms with Crippen molar-refractivity contribution in [3.8, 4) is 0 Å². The minimum atomic E-state index is -0.798. The molecule has 1 unspecified atom stereocenters. The molecule has 1 atom stereocenters. The Morgan fingerprint density at radius 3 is 1.08 bits per heavy atom. The van der Waals surface area contributed by atoms with E-state index in [1.807, 2.05) is 0 Å². The van der Waals surface area contributed by atoms with Gasteiger partial charge in [-0.15, -0.1) is 0 Å². The molecule has 0 heterocycles. The summed E-state index contributed by atoms with van der Waals surface area (Å²) in [6, 6.07) is 0. The van der Waals surface area contributed by atoms with E-state index in [9.17, 15) is 14.4 Å². The highest BCUT2D eigenvalue weighted by Crippen LogP contribution is 2.13. The van der Waals surface area contributed by atoms with Crippen molar-refractivity contribution >= 4 is 17.9 Å². The number of rotatable bonds is 43.